The van der Waals surface area contributed by atoms with Gasteiger partial charge < -0.3 is 4.52 Å². The molecule has 5 nitrogen and oxygen atoms in total. The normalized spacial score (nSPS) is 12.1. The Labute approximate surface area is 113 Å². The number of fused-ring (bicyclic) bond motifs is 1. The van der Waals surface area contributed by atoms with Crippen LogP contribution >= 0.6 is 11.3 Å². The predicted octanol–water partition coefficient (Wildman–Crippen LogP) is 2.57. The smallest absolute Gasteiger partial charge is 0.211 e. The van der Waals surface area contributed by atoms with Gasteiger partial charge in [0.05, 0.1) is 15.9 Å². The van der Waals surface area contributed by atoms with Crippen molar-refractivity contribution in [1.82, 2.24) is 10.1 Å². The minimum Gasteiger partial charge on any atom is -0.364 e. The van der Waals surface area contributed by atoms with E-state index < -0.39 is 9.84 Å². The Morgan fingerprint density at radius 1 is 1.32 bits per heavy atom. The average molecular weight is 294 g/mol. The summed E-state index contributed by atoms with van der Waals surface area (Å²) in [5.41, 5.74) is 2.15. The highest BCUT2D eigenvalue weighted by Gasteiger charge is 2.21. The molecule has 0 spiro atoms. The van der Waals surface area contributed by atoms with Gasteiger partial charge in [0.2, 0.25) is 14.2 Å². The molecule has 98 valence electrons. The Balaban J connectivity index is 2.03. The largest absolute Gasteiger partial charge is 0.364 e. The van der Waals surface area contributed by atoms with Gasteiger partial charge in [0.25, 0.3) is 0 Å². The Hall–Kier alpha value is -1.73. The van der Waals surface area contributed by atoms with Gasteiger partial charge in [-0.1, -0.05) is 11.2 Å². The number of aryl methyl sites for hydroxylation is 1. The number of thiazole rings is 1. The lowest BCUT2D eigenvalue weighted by molar-refractivity contribution is 0.413. The summed E-state index contributed by atoms with van der Waals surface area (Å²) in [6, 6.07) is 7.24. The molecule has 0 unspecified atom stereocenters. The molecule has 1 aromatic carbocycles. The highest BCUT2D eigenvalue weighted by Crippen LogP contribution is 2.27. The van der Waals surface area contributed by atoms with Crippen molar-refractivity contribution in [3.8, 4) is 0 Å². The van der Waals surface area contributed by atoms with Gasteiger partial charge in [-0.25, -0.2) is 13.4 Å². The van der Waals surface area contributed by atoms with Gasteiger partial charge >= 0.3 is 0 Å². The molecule has 0 fully saturated rings. The maximum Gasteiger partial charge on any atom is 0.211 e. The molecule has 0 aliphatic carbocycles. The monoisotopic (exact) mass is 294 g/mol. The quantitative estimate of drug-likeness (QED) is 0.742. The fraction of sp³-hybridized carbons (Fsp3) is 0.167. The van der Waals surface area contributed by atoms with Gasteiger partial charge in [0.15, 0.2) is 0 Å². The Kier molecular flexibility index (Phi) is 2.87. The van der Waals surface area contributed by atoms with Crippen LogP contribution in [0.4, 0.5) is 0 Å². The summed E-state index contributed by atoms with van der Waals surface area (Å²) in [6.07, 6.45) is 1.35. The second kappa shape index (κ2) is 4.43. The standard InChI is InChI=1S/C12H10N2O3S2/c1-8-2-3-11-10(6-8)13-12(18-11)19(15,16)7-9-4-5-17-14-9/h2-6H,7H2,1H3. The Morgan fingerprint density at radius 2 is 2.16 bits per heavy atom. The second-order valence-corrected chi connectivity index (χ2v) is 7.39. The topological polar surface area (TPSA) is 73.1 Å². The van der Waals surface area contributed by atoms with E-state index in [1.54, 1.807) is 0 Å². The number of nitrogens with zero attached hydrogens (tertiary/aromatic N) is 2. The van der Waals surface area contributed by atoms with Crippen LogP contribution in [0.15, 0.2) is 39.4 Å². The van der Waals surface area contributed by atoms with Crippen LogP contribution in [-0.2, 0) is 15.6 Å². The third kappa shape index (κ3) is 2.39. The molecule has 0 atom stereocenters. The lowest BCUT2D eigenvalue weighted by Crippen LogP contribution is -2.04. The summed E-state index contributed by atoms with van der Waals surface area (Å²) < 4.78 is 30.1. The SMILES string of the molecule is Cc1ccc2sc(S(=O)(=O)Cc3ccon3)nc2c1. The van der Waals surface area contributed by atoms with E-state index in [2.05, 4.69) is 14.7 Å². The highest BCUT2D eigenvalue weighted by molar-refractivity contribution is 7.92. The molecule has 0 amide bonds. The van der Waals surface area contributed by atoms with Crippen LogP contribution in [-0.4, -0.2) is 18.6 Å². The Bertz CT molecular complexity index is 820. The van der Waals surface area contributed by atoms with Crippen LogP contribution in [0.3, 0.4) is 0 Å². The molecule has 0 saturated heterocycles. The average Bonchev–Trinajstić information content (AvgIpc) is 2.96. The fourth-order valence-corrected chi connectivity index (χ4v) is 4.25. The van der Waals surface area contributed by atoms with Gasteiger partial charge in [0, 0.05) is 6.07 Å². The molecule has 2 aromatic heterocycles. The van der Waals surface area contributed by atoms with Crippen molar-refractivity contribution < 1.29 is 12.9 Å². The summed E-state index contributed by atoms with van der Waals surface area (Å²) in [7, 11) is -3.47. The molecule has 0 saturated carbocycles. The minimum atomic E-state index is -3.47. The minimum absolute atomic E-state index is 0.121. The lowest BCUT2D eigenvalue weighted by atomic mass is 10.2. The van der Waals surface area contributed by atoms with E-state index in [4.69, 9.17) is 0 Å². The molecule has 7 heteroatoms. The maximum atomic E-state index is 12.2. The molecule has 3 aromatic rings. The van der Waals surface area contributed by atoms with Crippen molar-refractivity contribution in [2.45, 2.75) is 17.0 Å². The molecule has 19 heavy (non-hydrogen) atoms. The summed E-state index contributed by atoms with van der Waals surface area (Å²) in [5.74, 6) is -0.192. The molecule has 3 rings (SSSR count). The molecular weight excluding hydrogens is 284 g/mol. The number of sulfone groups is 1. The molecule has 0 bridgehead atoms. The van der Waals surface area contributed by atoms with Crippen molar-refractivity contribution in [3.05, 3.63) is 41.8 Å². The van der Waals surface area contributed by atoms with E-state index in [9.17, 15) is 8.42 Å². The Morgan fingerprint density at radius 3 is 2.89 bits per heavy atom. The van der Waals surface area contributed by atoms with Crippen molar-refractivity contribution in [2.75, 3.05) is 0 Å². The number of benzene rings is 1. The van der Waals surface area contributed by atoms with Crippen LogP contribution in [0.2, 0.25) is 0 Å². The maximum absolute atomic E-state index is 12.2. The van der Waals surface area contributed by atoms with Crippen molar-refractivity contribution in [1.29, 1.82) is 0 Å². The molecule has 0 aliphatic rings. The zero-order chi connectivity index (χ0) is 13.5. The van der Waals surface area contributed by atoms with Gasteiger partial charge in [-0.2, -0.15) is 0 Å². The number of hydrogen-bond acceptors (Lipinski definition) is 6. The zero-order valence-corrected chi connectivity index (χ0v) is 11.7. The van der Waals surface area contributed by atoms with E-state index in [0.717, 1.165) is 10.3 Å². The number of aromatic nitrogens is 2. The van der Waals surface area contributed by atoms with E-state index in [-0.39, 0.29) is 10.1 Å². The number of hydrogen-bond donors (Lipinski definition) is 0. The molecule has 0 aliphatic heterocycles. The highest BCUT2D eigenvalue weighted by atomic mass is 32.2. The molecule has 0 radical (unpaired) electrons. The summed E-state index contributed by atoms with van der Waals surface area (Å²) in [6.45, 7) is 1.95. The fourth-order valence-electron chi connectivity index (χ4n) is 1.72. The van der Waals surface area contributed by atoms with Gasteiger partial charge in [-0.15, -0.1) is 11.3 Å². The first-order valence-corrected chi connectivity index (χ1v) is 8.01. The van der Waals surface area contributed by atoms with E-state index in [1.165, 1.54) is 23.7 Å². The summed E-state index contributed by atoms with van der Waals surface area (Å²) >= 11 is 1.18. The first-order chi connectivity index (χ1) is 9.04. The van der Waals surface area contributed by atoms with Crippen LogP contribution < -0.4 is 0 Å². The van der Waals surface area contributed by atoms with Crippen LogP contribution in [0.1, 0.15) is 11.3 Å². The van der Waals surface area contributed by atoms with E-state index in [0.29, 0.717) is 11.2 Å². The molecule has 0 N–H and O–H groups in total. The van der Waals surface area contributed by atoms with Crippen LogP contribution in [0.25, 0.3) is 10.2 Å². The van der Waals surface area contributed by atoms with Gasteiger partial charge in [-0.05, 0) is 24.6 Å². The molecular formula is C12H10N2O3S2. The third-order valence-corrected chi connectivity index (χ3v) is 5.76. The van der Waals surface area contributed by atoms with E-state index >= 15 is 0 Å². The van der Waals surface area contributed by atoms with Gasteiger partial charge in [-0.3, -0.25) is 0 Å². The van der Waals surface area contributed by atoms with Crippen molar-refractivity contribution in [3.63, 3.8) is 0 Å². The van der Waals surface area contributed by atoms with Crippen molar-refractivity contribution in [2.24, 2.45) is 0 Å². The summed E-state index contributed by atoms with van der Waals surface area (Å²) in [4.78, 5) is 4.20. The second-order valence-electron chi connectivity index (χ2n) is 4.20. The molecule has 2 heterocycles. The van der Waals surface area contributed by atoms with Crippen molar-refractivity contribution >= 4 is 31.4 Å². The van der Waals surface area contributed by atoms with Crippen LogP contribution in [0, 0.1) is 6.92 Å². The first kappa shape index (κ1) is 12.3. The lowest BCUT2D eigenvalue weighted by Gasteiger charge is -1.95. The number of rotatable bonds is 3. The van der Waals surface area contributed by atoms with E-state index in [1.807, 2.05) is 25.1 Å². The predicted molar refractivity (Wildman–Crippen MR) is 71.7 cm³/mol. The zero-order valence-electron chi connectivity index (χ0n) is 10.0. The third-order valence-electron chi connectivity index (χ3n) is 2.62. The summed E-state index contributed by atoms with van der Waals surface area (Å²) in [5, 5.41) is 3.62. The van der Waals surface area contributed by atoms with Crippen LogP contribution in [0.5, 0.6) is 0 Å². The van der Waals surface area contributed by atoms with Gasteiger partial charge in [0.1, 0.15) is 12.0 Å². The first-order valence-electron chi connectivity index (χ1n) is 5.54.